The van der Waals surface area contributed by atoms with E-state index in [0.717, 1.165) is 31.4 Å². The first-order chi connectivity index (χ1) is 12.1. The number of rotatable bonds is 6. The number of urea groups is 1. The number of aliphatic imine (C=N–C) groups is 1. The van der Waals surface area contributed by atoms with Crippen molar-refractivity contribution in [3.8, 4) is 0 Å². The lowest BCUT2D eigenvalue weighted by atomic mass is 10.1. The van der Waals surface area contributed by atoms with Crippen LogP contribution in [0.3, 0.4) is 0 Å². The molecule has 2 unspecified atom stereocenters. The summed E-state index contributed by atoms with van der Waals surface area (Å²) in [5, 5.41) is 5.70. The molecule has 2 atom stereocenters. The summed E-state index contributed by atoms with van der Waals surface area (Å²) in [5.41, 5.74) is 1.11. The van der Waals surface area contributed by atoms with E-state index >= 15 is 0 Å². The van der Waals surface area contributed by atoms with Crippen molar-refractivity contribution in [2.24, 2.45) is 4.99 Å². The number of nitrogens with one attached hydrogen (secondary N) is 2. The standard InChI is InChI=1S/C18H25N5O2/c1-3-4-8-11-23-14-15(22(2)18(25)21-16(14)24)20-17(23)19-12-13-9-6-5-7-10-13/h5-7,9-10,14-15H,3-4,8,11-12H2,1-2H3,(H,19,20)(H,21,24,25). The Morgan fingerprint density at radius 2 is 1.92 bits per heavy atom. The minimum absolute atomic E-state index is 0.262. The largest absolute Gasteiger partial charge is 0.333 e. The monoisotopic (exact) mass is 343 g/mol. The second-order valence-electron chi connectivity index (χ2n) is 6.47. The molecule has 0 aromatic heterocycles. The van der Waals surface area contributed by atoms with Crippen LogP contribution in [0.2, 0.25) is 0 Å². The second-order valence-corrected chi connectivity index (χ2v) is 6.47. The fourth-order valence-corrected chi connectivity index (χ4v) is 3.25. The topological polar surface area (TPSA) is 77.0 Å². The number of carbonyl (C=O) groups is 2. The van der Waals surface area contributed by atoms with E-state index in [4.69, 9.17) is 0 Å². The molecule has 0 bridgehead atoms. The van der Waals surface area contributed by atoms with Crippen molar-refractivity contribution in [1.82, 2.24) is 20.4 Å². The van der Waals surface area contributed by atoms with Crippen LogP contribution in [0.25, 0.3) is 0 Å². The highest BCUT2D eigenvalue weighted by Crippen LogP contribution is 2.21. The Balaban J connectivity index is 1.82. The lowest BCUT2D eigenvalue weighted by Gasteiger charge is -2.35. The van der Waals surface area contributed by atoms with Crippen molar-refractivity contribution in [2.45, 2.75) is 44.9 Å². The molecule has 0 spiro atoms. The van der Waals surface area contributed by atoms with Crippen LogP contribution in [-0.2, 0) is 11.3 Å². The van der Waals surface area contributed by atoms with Crippen LogP contribution in [0, 0.1) is 0 Å². The molecule has 2 aliphatic rings. The molecule has 7 nitrogen and oxygen atoms in total. The van der Waals surface area contributed by atoms with E-state index in [9.17, 15) is 9.59 Å². The molecule has 0 aliphatic carbocycles. The lowest BCUT2D eigenvalue weighted by Crippen LogP contribution is -2.64. The molecule has 2 fully saturated rings. The number of carbonyl (C=O) groups excluding carboxylic acids is 2. The number of unbranched alkanes of at least 4 members (excludes halogenated alkanes) is 2. The zero-order valence-electron chi connectivity index (χ0n) is 14.7. The molecule has 3 amide bonds. The lowest BCUT2D eigenvalue weighted by molar-refractivity contribution is -0.127. The average Bonchev–Trinajstić information content (AvgIpc) is 2.98. The number of hydrogen-bond donors (Lipinski definition) is 2. The third-order valence-corrected chi connectivity index (χ3v) is 4.68. The summed E-state index contributed by atoms with van der Waals surface area (Å²) < 4.78 is 0. The van der Waals surface area contributed by atoms with Gasteiger partial charge in [0.15, 0.2) is 12.0 Å². The van der Waals surface area contributed by atoms with Crippen LogP contribution >= 0.6 is 0 Å². The van der Waals surface area contributed by atoms with Gasteiger partial charge in [-0.25, -0.2) is 9.79 Å². The molecule has 0 radical (unpaired) electrons. The number of guanidine groups is 1. The minimum Gasteiger partial charge on any atom is -0.333 e. The van der Waals surface area contributed by atoms with Gasteiger partial charge >= 0.3 is 6.03 Å². The normalized spacial score (nSPS) is 24.3. The Hall–Kier alpha value is -2.57. The minimum atomic E-state index is -0.436. The van der Waals surface area contributed by atoms with Gasteiger partial charge in [-0.3, -0.25) is 10.1 Å². The number of imide groups is 1. The van der Waals surface area contributed by atoms with E-state index in [0.29, 0.717) is 12.5 Å². The van der Waals surface area contributed by atoms with Gasteiger partial charge in [0.05, 0.1) is 6.54 Å². The third-order valence-electron chi connectivity index (χ3n) is 4.68. The number of nitrogens with zero attached hydrogens (tertiary/aromatic N) is 3. The van der Waals surface area contributed by atoms with E-state index in [2.05, 4.69) is 22.5 Å². The van der Waals surface area contributed by atoms with Gasteiger partial charge in [0.2, 0.25) is 0 Å². The predicted molar refractivity (Wildman–Crippen MR) is 95.8 cm³/mol. The molecular formula is C18H25N5O2. The molecule has 1 aromatic rings. The summed E-state index contributed by atoms with van der Waals surface area (Å²) in [6.45, 7) is 3.42. The van der Waals surface area contributed by atoms with Crippen LogP contribution in [0.1, 0.15) is 31.7 Å². The number of benzene rings is 1. The van der Waals surface area contributed by atoms with Crippen molar-refractivity contribution in [1.29, 1.82) is 0 Å². The second kappa shape index (κ2) is 7.55. The first-order valence-corrected chi connectivity index (χ1v) is 8.81. The van der Waals surface area contributed by atoms with Gasteiger partial charge in [0, 0.05) is 13.6 Å². The molecule has 2 heterocycles. The highest BCUT2D eigenvalue weighted by Gasteiger charge is 2.49. The fourth-order valence-electron chi connectivity index (χ4n) is 3.25. The Morgan fingerprint density at radius 1 is 1.16 bits per heavy atom. The van der Waals surface area contributed by atoms with E-state index in [1.54, 1.807) is 7.05 Å². The molecule has 134 valence electrons. The van der Waals surface area contributed by atoms with Crippen molar-refractivity contribution < 1.29 is 9.59 Å². The summed E-state index contributed by atoms with van der Waals surface area (Å²) in [6, 6.07) is 9.17. The first kappa shape index (κ1) is 17.3. The van der Waals surface area contributed by atoms with Gasteiger partial charge < -0.3 is 15.1 Å². The number of amides is 3. The Bertz CT molecular complexity index is 661. The summed E-state index contributed by atoms with van der Waals surface area (Å²) in [5.74, 6) is 0.425. The quantitative estimate of drug-likeness (QED) is 0.768. The number of fused-ring (bicyclic) bond motifs is 1. The molecular weight excluding hydrogens is 318 g/mol. The Morgan fingerprint density at radius 3 is 2.64 bits per heavy atom. The molecule has 2 aliphatic heterocycles. The van der Waals surface area contributed by atoms with Gasteiger partial charge in [-0.1, -0.05) is 50.1 Å². The van der Waals surface area contributed by atoms with Gasteiger partial charge in [-0.05, 0) is 12.0 Å². The molecule has 2 N–H and O–H groups in total. The van der Waals surface area contributed by atoms with E-state index in [1.165, 1.54) is 4.90 Å². The van der Waals surface area contributed by atoms with E-state index in [-0.39, 0.29) is 18.1 Å². The molecule has 2 saturated heterocycles. The van der Waals surface area contributed by atoms with Crippen molar-refractivity contribution in [3.63, 3.8) is 0 Å². The van der Waals surface area contributed by atoms with E-state index < -0.39 is 6.04 Å². The van der Waals surface area contributed by atoms with Crippen LogP contribution in [0.4, 0.5) is 4.79 Å². The molecule has 1 aromatic carbocycles. The molecule has 7 heteroatoms. The Labute approximate surface area is 148 Å². The summed E-state index contributed by atoms with van der Waals surface area (Å²) in [7, 11) is 1.69. The summed E-state index contributed by atoms with van der Waals surface area (Å²) >= 11 is 0. The van der Waals surface area contributed by atoms with Crippen LogP contribution < -0.4 is 10.6 Å². The SMILES string of the molecule is CCCCCN1C(=NCc2ccccc2)NC2C1C(=O)NC(=O)N2C. The molecule has 0 saturated carbocycles. The molecule has 25 heavy (non-hydrogen) atoms. The van der Waals surface area contributed by atoms with Gasteiger partial charge in [0.1, 0.15) is 6.17 Å². The maximum absolute atomic E-state index is 12.4. The number of likely N-dealkylation sites (N-methyl/N-ethyl adjacent to an activating group) is 1. The van der Waals surface area contributed by atoms with E-state index in [1.807, 2.05) is 35.2 Å². The van der Waals surface area contributed by atoms with Crippen molar-refractivity contribution in [3.05, 3.63) is 35.9 Å². The highest BCUT2D eigenvalue weighted by atomic mass is 16.2. The van der Waals surface area contributed by atoms with Crippen LogP contribution in [0.5, 0.6) is 0 Å². The zero-order valence-corrected chi connectivity index (χ0v) is 14.7. The highest BCUT2D eigenvalue weighted by molar-refractivity contribution is 6.04. The predicted octanol–water partition coefficient (Wildman–Crippen LogP) is 1.51. The average molecular weight is 343 g/mol. The van der Waals surface area contributed by atoms with Crippen LogP contribution in [-0.4, -0.2) is 53.5 Å². The zero-order chi connectivity index (χ0) is 17.8. The summed E-state index contributed by atoms with van der Waals surface area (Å²) in [6.07, 6.45) is 2.81. The van der Waals surface area contributed by atoms with Gasteiger partial charge in [0.25, 0.3) is 5.91 Å². The van der Waals surface area contributed by atoms with Gasteiger partial charge in [-0.15, -0.1) is 0 Å². The maximum Gasteiger partial charge on any atom is 0.325 e. The maximum atomic E-state index is 12.4. The Kier molecular flexibility index (Phi) is 5.21. The molecule has 3 rings (SSSR count). The van der Waals surface area contributed by atoms with Crippen molar-refractivity contribution in [2.75, 3.05) is 13.6 Å². The number of hydrogen-bond acceptors (Lipinski definition) is 3. The van der Waals surface area contributed by atoms with Crippen LogP contribution in [0.15, 0.2) is 35.3 Å². The first-order valence-electron chi connectivity index (χ1n) is 8.81. The summed E-state index contributed by atoms with van der Waals surface area (Å²) in [4.78, 5) is 32.5. The van der Waals surface area contributed by atoms with Gasteiger partial charge in [-0.2, -0.15) is 0 Å². The third kappa shape index (κ3) is 3.60. The fraction of sp³-hybridized carbons (Fsp3) is 0.500. The smallest absolute Gasteiger partial charge is 0.325 e. The van der Waals surface area contributed by atoms with Crippen molar-refractivity contribution >= 4 is 17.9 Å².